The zero-order valence-corrected chi connectivity index (χ0v) is 19.3. The molecule has 3 heterocycles. The van der Waals surface area contributed by atoms with Gasteiger partial charge in [-0.05, 0) is 50.7 Å². The average Bonchev–Trinajstić information content (AvgIpc) is 3.49. The van der Waals surface area contributed by atoms with Gasteiger partial charge in [0.1, 0.15) is 17.2 Å². The van der Waals surface area contributed by atoms with Gasteiger partial charge in [-0.1, -0.05) is 0 Å². The van der Waals surface area contributed by atoms with E-state index in [2.05, 4.69) is 4.98 Å². The van der Waals surface area contributed by atoms with Crippen molar-refractivity contribution >= 4 is 27.8 Å². The third kappa shape index (κ3) is 5.50. The zero-order chi connectivity index (χ0) is 22.9. The maximum absolute atomic E-state index is 12.3. The first kappa shape index (κ1) is 22.8. The number of rotatable bonds is 6. The number of sulfonamides is 1. The lowest BCUT2D eigenvalue weighted by Gasteiger charge is -2.32. The largest absolute Gasteiger partial charge is 0.492 e. The van der Waals surface area contributed by atoms with Gasteiger partial charge < -0.3 is 14.4 Å². The minimum atomic E-state index is -3.39. The molecule has 11 heteroatoms. The summed E-state index contributed by atoms with van der Waals surface area (Å²) in [6, 6.07) is 3.47. The number of carbonyl (C=O) groups excluding carboxylic acids is 2. The van der Waals surface area contributed by atoms with E-state index >= 15 is 0 Å². The number of likely N-dealkylation sites (tertiary alicyclic amines) is 1. The van der Waals surface area contributed by atoms with Crippen LogP contribution >= 0.6 is 0 Å². The number of anilines is 1. The highest BCUT2D eigenvalue weighted by Gasteiger charge is 2.43. The van der Waals surface area contributed by atoms with Crippen LogP contribution in [-0.2, 0) is 19.6 Å². The maximum atomic E-state index is 12.3. The van der Waals surface area contributed by atoms with E-state index in [1.807, 2.05) is 6.92 Å². The molecule has 0 spiro atoms. The predicted octanol–water partition coefficient (Wildman–Crippen LogP) is 1.47. The topological polar surface area (TPSA) is 109 Å². The molecule has 0 atom stereocenters. The number of hydrogen-bond acceptors (Lipinski definition) is 7. The van der Waals surface area contributed by atoms with Gasteiger partial charge in [0.2, 0.25) is 15.9 Å². The molecule has 10 nitrogen and oxygen atoms in total. The van der Waals surface area contributed by atoms with Gasteiger partial charge in [-0.3, -0.25) is 9.69 Å². The van der Waals surface area contributed by atoms with E-state index in [1.54, 1.807) is 23.2 Å². The Morgan fingerprint density at radius 2 is 1.91 bits per heavy atom. The van der Waals surface area contributed by atoms with Gasteiger partial charge in [0, 0.05) is 26.2 Å². The molecule has 176 valence electrons. The standard InChI is InChI=1S/C21H30N4O6S/c1-21(7-8-21)31-20(27)23-9-5-16(6-10-23)15-30-17-3-4-18(22-13-17)25-12-11-24(14-19(25)26)32(2,28)29/h3-4,13,16H,5-12,14-15H2,1-2H3. The van der Waals surface area contributed by atoms with E-state index in [0.717, 1.165) is 31.9 Å². The molecule has 32 heavy (non-hydrogen) atoms. The maximum Gasteiger partial charge on any atom is 0.410 e. The molecule has 1 aliphatic carbocycles. The van der Waals surface area contributed by atoms with Crippen LogP contribution in [-0.4, -0.2) is 85.8 Å². The normalized spacial score (nSPS) is 22.0. The summed E-state index contributed by atoms with van der Waals surface area (Å²) in [4.78, 5) is 32.1. The molecule has 0 unspecified atom stereocenters. The van der Waals surface area contributed by atoms with Gasteiger partial charge in [-0.2, -0.15) is 4.31 Å². The number of ether oxygens (including phenoxy) is 2. The lowest BCUT2D eigenvalue weighted by Crippen LogP contribution is -2.52. The molecule has 3 aliphatic rings. The minimum Gasteiger partial charge on any atom is -0.492 e. The lowest BCUT2D eigenvalue weighted by atomic mass is 9.98. The first-order chi connectivity index (χ1) is 15.1. The highest BCUT2D eigenvalue weighted by molar-refractivity contribution is 7.88. The average molecular weight is 467 g/mol. The van der Waals surface area contributed by atoms with E-state index in [4.69, 9.17) is 9.47 Å². The molecule has 1 saturated carbocycles. The van der Waals surface area contributed by atoms with Crippen LogP contribution in [0.1, 0.15) is 32.6 Å². The Balaban J connectivity index is 1.22. The third-order valence-corrected chi connectivity index (χ3v) is 7.55. The summed E-state index contributed by atoms with van der Waals surface area (Å²) < 4.78 is 35.8. The van der Waals surface area contributed by atoms with Crippen LogP contribution in [0.2, 0.25) is 0 Å². The summed E-state index contributed by atoms with van der Waals surface area (Å²) in [5, 5.41) is 0. The molecule has 2 saturated heterocycles. The number of hydrogen-bond donors (Lipinski definition) is 0. The Bertz CT molecular complexity index is 955. The number of pyridine rings is 1. The number of piperazine rings is 1. The quantitative estimate of drug-likeness (QED) is 0.624. The first-order valence-electron chi connectivity index (χ1n) is 11.0. The number of piperidine rings is 1. The van der Waals surface area contributed by atoms with E-state index in [1.165, 1.54) is 9.21 Å². The molecule has 2 aliphatic heterocycles. The minimum absolute atomic E-state index is 0.176. The molecule has 2 amide bonds. The van der Waals surface area contributed by atoms with Crippen LogP contribution < -0.4 is 9.64 Å². The van der Waals surface area contributed by atoms with E-state index in [9.17, 15) is 18.0 Å². The van der Waals surface area contributed by atoms with Gasteiger partial charge in [0.15, 0.2) is 0 Å². The molecular weight excluding hydrogens is 436 g/mol. The summed E-state index contributed by atoms with van der Waals surface area (Å²) >= 11 is 0. The molecule has 0 aromatic carbocycles. The molecule has 1 aromatic rings. The molecule has 0 bridgehead atoms. The number of amides is 2. The Kier molecular flexibility index (Phi) is 6.30. The van der Waals surface area contributed by atoms with E-state index < -0.39 is 10.0 Å². The van der Waals surface area contributed by atoms with E-state index in [-0.39, 0.29) is 37.2 Å². The van der Waals surface area contributed by atoms with Crippen LogP contribution in [0.4, 0.5) is 10.6 Å². The van der Waals surface area contributed by atoms with Crippen molar-refractivity contribution in [3.05, 3.63) is 18.3 Å². The molecule has 4 rings (SSSR count). The number of aromatic nitrogens is 1. The van der Waals surface area contributed by atoms with Crippen molar-refractivity contribution in [1.29, 1.82) is 0 Å². The second-order valence-electron chi connectivity index (χ2n) is 9.05. The van der Waals surface area contributed by atoms with Crippen LogP contribution in [0.3, 0.4) is 0 Å². The van der Waals surface area contributed by atoms with Crippen molar-refractivity contribution in [2.75, 3.05) is 50.5 Å². The fourth-order valence-corrected chi connectivity index (χ4v) is 4.60. The first-order valence-corrected chi connectivity index (χ1v) is 12.8. The Morgan fingerprint density at radius 1 is 1.19 bits per heavy atom. The Hall–Kier alpha value is -2.40. The monoisotopic (exact) mass is 466 g/mol. The van der Waals surface area contributed by atoms with Crippen molar-refractivity contribution in [2.24, 2.45) is 5.92 Å². The summed E-state index contributed by atoms with van der Waals surface area (Å²) in [5.41, 5.74) is -0.248. The second-order valence-corrected chi connectivity index (χ2v) is 11.0. The molecule has 0 N–H and O–H groups in total. The third-order valence-electron chi connectivity index (χ3n) is 6.30. The highest BCUT2D eigenvalue weighted by atomic mass is 32.2. The molecule has 1 aromatic heterocycles. The van der Waals surface area contributed by atoms with Gasteiger partial charge in [0.05, 0.1) is 25.6 Å². The van der Waals surface area contributed by atoms with Gasteiger partial charge >= 0.3 is 6.09 Å². The number of nitrogens with zero attached hydrogens (tertiary/aromatic N) is 4. The van der Waals surface area contributed by atoms with Crippen molar-refractivity contribution in [2.45, 2.75) is 38.2 Å². The van der Waals surface area contributed by atoms with Crippen molar-refractivity contribution in [3.8, 4) is 5.75 Å². The van der Waals surface area contributed by atoms with E-state index in [0.29, 0.717) is 37.2 Å². The molecular formula is C21H30N4O6S. The highest BCUT2D eigenvalue weighted by Crippen LogP contribution is 2.39. The van der Waals surface area contributed by atoms with Crippen LogP contribution in [0, 0.1) is 5.92 Å². The summed E-state index contributed by atoms with van der Waals surface area (Å²) in [7, 11) is -3.39. The van der Waals surface area contributed by atoms with Crippen LogP contribution in [0.25, 0.3) is 0 Å². The molecule has 3 fully saturated rings. The van der Waals surface area contributed by atoms with Crippen molar-refractivity contribution < 1.29 is 27.5 Å². The predicted molar refractivity (Wildman–Crippen MR) is 117 cm³/mol. The SMILES string of the molecule is CC1(OC(=O)N2CCC(COc3ccc(N4CCN(S(C)(=O)=O)CC4=O)nc3)CC2)CC1. The van der Waals surface area contributed by atoms with Gasteiger partial charge in [0.25, 0.3) is 0 Å². The number of carbonyl (C=O) groups is 2. The van der Waals surface area contributed by atoms with Crippen molar-refractivity contribution in [1.82, 2.24) is 14.2 Å². The van der Waals surface area contributed by atoms with Gasteiger partial charge in [-0.15, -0.1) is 0 Å². The molecule has 0 radical (unpaired) electrons. The Morgan fingerprint density at radius 3 is 2.47 bits per heavy atom. The summed E-state index contributed by atoms with van der Waals surface area (Å²) in [6.07, 6.45) is 6.07. The van der Waals surface area contributed by atoms with Crippen LogP contribution in [0.5, 0.6) is 5.75 Å². The Labute approximate surface area is 188 Å². The lowest BCUT2D eigenvalue weighted by molar-refractivity contribution is -0.120. The van der Waals surface area contributed by atoms with Gasteiger partial charge in [-0.25, -0.2) is 18.2 Å². The van der Waals surface area contributed by atoms with Crippen molar-refractivity contribution in [3.63, 3.8) is 0 Å². The summed E-state index contributed by atoms with van der Waals surface area (Å²) in [5.74, 6) is 1.14. The smallest absolute Gasteiger partial charge is 0.410 e. The summed E-state index contributed by atoms with van der Waals surface area (Å²) in [6.45, 7) is 4.17. The van der Waals surface area contributed by atoms with Crippen LogP contribution in [0.15, 0.2) is 18.3 Å². The zero-order valence-electron chi connectivity index (χ0n) is 18.5. The fourth-order valence-electron chi connectivity index (χ4n) is 3.84. The second kappa shape index (κ2) is 8.86. The fraction of sp³-hybridized carbons (Fsp3) is 0.667.